The number of carboxylic acids is 1. The van der Waals surface area contributed by atoms with Gasteiger partial charge in [-0.05, 0) is 76.0 Å². The highest BCUT2D eigenvalue weighted by atomic mass is 32.2. The maximum absolute atomic E-state index is 14.1. The molecule has 1 aromatic carbocycles. The molecule has 5 amide bonds. The van der Waals surface area contributed by atoms with E-state index in [0.717, 1.165) is 22.4 Å². The molecule has 4 unspecified atom stereocenters. The molecule has 45 heavy (non-hydrogen) atoms. The Labute approximate surface area is 268 Å². The zero-order chi connectivity index (χ0) is 33.4. The molecule has 250 valence electrons. The molecule has 1 aliphatic rings. The lowest BCUT2D eigenvalue weighted by atomic mass is 10.0. The van der Waals surface area contributed by atoms with Crippen molar-refractivity contribution in [2.45, 2.75) is 88.9 Å². The maximum atomic E-state index is 14.1. The molecule has 1 aromatic rings. The minimum atomic E-state index is -1.19. The largest absolute Gasteiger partial charge is 0.480 e. The van der Waals surface area contributed by atoms with E-state index < -0.39 is 59.7 Å². The number of carbonyl (C=O) groups is 6. The minimum absolute atomic E-state index is 0.0162. The van der Waals surface area contributed by atoms with E-state index in [1.165, 1.54) is 11.2 Å². The van der Waals surface area contributed by atoms with Gasteiger partial charge in [0.2, 0.25) is 23.6 Å². The first kappa shape index (κ1) is 37.7. The lowest BCUT2D eigenvalue weighted by molar-refractivity contribution is -0.147. The third kappa shape index (κ3) is 11.7. The van der Waals surface area contributed by atoms with Crippen molar-refractivity contribution in [2.75, 3.05) is 25.4 Å². The normalized spacial score (nSPS) is 15.7. The fourth-order valence-corrected chi connectivity index (χ4v) is 5.89. The lowest BCUT2D eigenvalue weighted by Crippen LogP contribution is -2.58. The van der Waals surface area contributed by atoms with E-state index >= 15 is 0 Å². The summed E-state index contributed by atoms with van der Waals surface area (Å²) in [4.78, 5) is 78.7. The summed E-state index contributed by atoms with van der Waals surface area (Å²) in [6.07, 6.45) is 2.52. The van der Waals surface area contributed by atoms with E-state index in [2.05, 4.69) is 10.6 Å². The number of aliphatic carboxylic acids is 1. The molecule has 0 aliphatic carbocycles. The number of amides is 5. The Morgan fingerprint density at radius 1 is 0.867 bits per heavy atom. The van der Waals surface area contributed by atoms with Gasteiger partial charge in [0.25, 0.3) is 5.91 Å². The Bertz CT molecular complexity index is 1140. The summed E-state index contributed by atoms with van der Waals surface area (Å²) in [7, 11) is 0. The van der Waals surface area contributed by atoms with Crippen molar-refractivity contribution >= 4 is 47.5 Å². The Kier molecular flexibility index (Phi) is 16.5. The number of hydrogen-bond acceptors (Lipinski definition) is 10. The van der Waals surface area contributed by atoms with Gasteiger partial charge in [0, 0.05) is 31.6 Å². The average Bonchev–Trinajstić information content (AvgIpc) is 3.36. The van der Waals surface area contributed by atoms with Crippen LogP contribution in [0.1, 0.15) is 63.9 Å². The molecule has 1 aliphatic heterocycles. The summed E-state index contributed by atoms with van der Waals surface area (Å²) in [5.74, 6) is -3.84. The fourth-order valence-electron chi connectivity index (χ4n) is 4.95. The van der Waals surface area contributed by atoms with E-state index in [0.29, 0.717) is 38.8 Å². The molecule has 0 aromatic heterocycles. The van der Waals surface area contributed by atoms with Gasteiger partial charge in [-0.1, -0.05) is 30.3 Å². The molecular weight excluding hydrogens is 602 g/mol. The van der Waals surface area contributed by atoms with E-state index in [-0.39, 0.29) is 44.4 Å². The van der Waals surface area contributed by atoms with Crippen LogP contribution in [0.15, 0.2) is 30.3 Å². The van der Waals surface area contributed by atoms with Gasteiger partial charge >= 0.3 is 5.97 Å². The molecular formula is C30H47N7O7S. The zero-order valence-electron chi connectivity index (χ0n) is 25.8. The van der Waals surface area contributed by atoms with Crippen molar-refractivity contribution in [3.05, 3.63) is 35.9 Å². The van der Waals surface area contributed by atoms with E-state index in [9.17, 15) is 33.9 Å². The van der Waals surface area contributed by atoms with Gasteiger partial charge in [-0.3, -0.25) is 33.2 Å². The van der Waals surface area contributed by atoms with Crippen LogP contribution in [0, 0.1) is 0 Å². The maximum Gasteiger partial charge on any atom is 0.327 e. The predicted octanol–water partition coefficient (Wildman–Crippen LogP) is -0.117. The highest BCUT2D eigenvalue weighted by Gasteiger charge is 2.39. The van der Waals surface area contributed by atoms with Crippen LogP contribution in [-0.4, -0.2) is 99.4 Å². The third-order valence-electron chi connectivity index (χ3n) is 7.40. The molecule has 0 spiro atoms. The number of benzene rings is 1. The van der Waals surface area contributed by atoms with Crippen LogP contribution in [-0.2, 0) is 35.2 Å². The molecule has 2 rings (SSSR count). The summed E-state index contributed by atoms with van der Waals surface area (Å²) in [6.45, 7) is 2.34. The first-order valence-electron chi connectivity index (χ1n) is 15.3. The van der Waals surface area contributed by atoms with Crippen LogP contribution >= 0.6 is 11.9 Å². The van der Waals surface area contributed by atoms with Gasteiger partial charge in [0.1, 0.15) is 24.2 Å². The SMILES string of the molecule is CC(C(=O)NC(CCCCN)C(=O)NC(Cc1ccccc1)C(=O)N(SCCN)C(CCCCN)C(=O)O)N1C(=O)CCC1=O. The lowest BCUT2D eigenvalue weighted by Gasteiger charge is -2.32. The number of hydrogen-bond donors (Lipinski definition) is 6. The molecule has 9 N–H and O–H groups in total. The first-order chi connectivity index (χ1) is 21.5. The zero-order valence-corrected chi connectivity index (χ0v) is 26.6. The summed E-state index contributed by atoms with van der Waals surface area (Å²) in [5, 5.41) is 15.5. The Morgan fingerprint density at radius 3 is 2.00 bits per heavy atom. The highest BCUT2D eigenvalue weighted by molar-refractivity contribution is 7.97. The number of rotatable bonds is 21. The second kappa shape index (κ2) is 19.8. The average molecular weight is 650 g/mol. The molecule has 1 fully saturated rings. The molecule has 0 radical (unpaired) electrons. The summed E-state index contributed by atoms with van der Waals surface area (Å²) >= 11 is 0.987. The monoisotopic (exact) mass is 649 g/mol. The van der Waals surface area contributed by atoms with Gasteiger partial charge in [-0.2, -0.15) is 0 Å². The van der Waals surface area contributed by atoms with Gasteiger partial charge in [0.05, 0.1) is 0 Å². The van der Waals surface area contributed by atoms with Crippen LogP contribution in [0.2, 0.25) is 0 Å². The van der Waals surface area contributed by atoms with Gasteiger partial charge in [0.15, 0.2) is 0 Å². The third-order valence-corrected chi connectivity index (χ3v) is 8.53. The molecule has 14 nitrogen and oxygen atoms in total. The second-order valence-corrected chi connectivity index (χ2v) is 11.9. The summed E-state index contributed by atoms with van der Waals surface area (Å²) < 4.78 is 1.17. The summed E-state index contributed by atoms with van der Waals surface area (Å²) in [5.41, 5.74) is 17.7. The molecule has 15 heteroatoms. The van der Waals surface area contributed by atoms with Crippen LogP contribution in [0.4, 0.5) is 0 Å². The Hall–Kier alpha value is -3.53. The topological polar surface area (TPSA) is 231 Å². The standard InChI is InChI=1S/C30H47N7O7S/c1-20(36-25(38)13-14-26(36)39)27(40)34-22(11-5-7-15-31)28(41)35-23(19-21-9-3-2-4-10-21)29(42)37(45-18-17-33)24(30(43)44)12-6-8-16-32/h2-4,9-10,20,22-24H,5-8,11-19,31-33H2,1H3,(H,34,40)(H,35,41)(H,43,44). The van der Waals surface area contributed by atoms with Crippen molar-refractivity contribution in [1.82, 2.24) is 19.8 Å². The minimum Gasteiger partial charge on any atom is -0.480 e. The molecule has 0 bridgehead atoms. The van der Waals surface area contributed by atoms with Crippen molar-refractivity contribution in [3.63, 3.8) is 0 Å². The molecule has 0 saturated carbocycles. The Balaban J connectivity index is 2.38. The van der Waals surface area contributed by atoms with Crippen LogP contribution in [0.5, 0.6) is 0 Å². The van der Waals surface area contributed by atoms with E-state index in [4.69, 9.17) is 17.2 Å². The number of carbonyl (C=O) groups excluding carboxylic acids is 5. The highest BCUT2D eigenvalue weighted by Crippen LogP contribution is 2.22. The fraction of sp³-hybridized carbons (Fsp3) is 0.600. The van der Waals surface area contributed by atoms with Gasteiger partial charge in [-0.15, -0.1) is 0 Å². The van der Waals surface area contributed by atoms with Crippen molar-refractivity contribution in [1.29, 1.82) is 0 Å². The molecule has 4 atom stereocenters. The molecule has 1 heterocycles. The van der Waals surface area contributed by atoms with Gasteiger partial charge < -0.3 is 32.9 Å². The van der Waals surface area contributed by atoms with Crippen molar-refractivity contribution in [2.24, 2.45) is 17.2 Å². The molecule has 1 saturated heterocycles. The predicted molar refractivity (Wildman–Crippen MR) is 170 cm³/mol. The number of likely N-dealkylation sites (tertiary alicyclic amines) is 1. The van der Waals surface area contributed by atoms with E-state index in [1.807, 2.05) is 0 Å². The number of nitrogens with zero attached hydrogens (tertiary/aromatic N) is 2. The number of nitrogens with two attached hydrogens (primary N) is 3. The van der Waals surface area contributed by atoms with Gasteiger partial charge in [-0.25, -0.2) is 4.79 Å². The number of nitrogens with one attached hydrogen (secondary N) is 2. The summed E-state index contributed by atoms with van der Waals surface area (Å²) in [6, 6.07) is 4.32. The van der Waals surface area contributed by atoms with Crippen LogP contribution < -0.4 is 27.8 Å². The second-order valence-electron chi connectivity index (χ2n) is 10.9. The van der Waals surface area contributed by atoms with Crippen LogP contribution in [0.3, 0.4) is 0 Å². The van der Waals surface area contributed by atoms with Crippen molar-refractivity contribution in [3.8, 4) is 0 Å². The first-order valence-corrected chi connectivity index (χ1v) is 16.3. The Morgan fingerprint density at radius 2 is 1.44 bits per heavy atom. The van der Waals surface area contributed by atoms with Crippen molar-refractivity contribution < 1.29 is 33.9 Å². The smallest absolute Gasteiger partial charge is 0.327 e. The number of unbranched alkanes of at least 4 members (excludes halogenated alkanes) is 2. The quantitative estimate of drug-likeness (QED) is 0.0584. The van der Waals surface area contributed by atoms with Crippen LogP contribution in [0.25, 0.3) is 0 Å². The number of carboxylic acid groups (broad SMARTS) is 1. The van der Waals surface area contributed by atoms with E-state index in [1.54, 1.807) is 30.3 Å². The number of imide groups is 1.